The zero-order valence-electron chi connectivity index (χ0n) is 18.2. The molecule has 0 amide bonds. The number of aryl methyl sites for hydroxylation is 2. The molecule has 0 unspecified atom stereocenters. The van der Waals surface area contributed by atoms with Gasteiger partial charge in [-0.1, -0.05) is 0 Å². The van der Waals surface area contributed by atoms with E-state index in [0.29, 0.717) is 22.5 Å². The summed E-state index contributed by atoms with van der Waals surface area (Å²) in [6.45, 7) is 3.89. The van der Waals surface area contributed by atoms with Gasteiger partial charge in [-0.3, -0.25) is 0 Å². The number of esters is 2. The minimum absolute atomic E-state index is 0.0943. The Bertz CT molecular complexity index is 1500. The Hall–Kier alpha value is -2.89. The molecule has 1 aliphatic rings. The van der Waals surface area contributed by atoms with Crippen LogP contribution in [0.15, 0.2) is 12.1 Å². The van der Waals surface area contributed by atoms with Crippen molar-refractivity contribution in [1.82, 2.24) is 9.97 Å². The van der Waals surface area contributed by atoms with Gasteiger partial charge in [0.15, 0.2) is 9.84 Å². The molecular weight excluding hydrogens is 484 g/mol. The van der Waals surface area contributed by atoms with Crippen LogP contribution in [0.5, 0.6) is 0 Å². The van der Waals surface area contributed by atoms with Crippen LogP contribution in [0.25, 0.3) is 31.6 Å². The van der Waals surface area contributed by atoms with E-state index in [1.807, 2.05) is 13.8 Å². The summed E-state index contributed by atoms with van der Waals surface area (Å²) in [6, 6.07) is 3.46. The van der Waals surface area contributed by atoms with E-state index in [4.69, 9.17) is 9.47 Å². The number of fused-ring (bicyclic) bond motifs is 2. The fraction of sp³-hybridized carbons (Fsp3) is 0.273. The molecule has 0 spiro atoms. The molecule has 4 aromatic heterocycles. The van der Waals surface area contributed by atoms with Gasteiger partial charge < -0.3 is 19.4 Å². The molecule has 0 fully saturated rings. The third-order valence-electron chi connectivity index (χ3n) is 5.80. The molecule has 4 aromatic rings. The molecule has 0 atom stereocenters. The van der Waals surface area contributed by atoms with Crippen LogP contribution in [-0.4, -0.2) is 56.0 Å². The number of thiophene rings is 2. The SMILES string of the molecule is COC(=O)c1cc2sc(C)c(C3=C(c4c(C)sc5cc(C(=O)OC)[nH]c45)CS(=O)(=O)C3)c2[nH]1. The Morgan fingerprint density at radius 2 is 1.21 bits per heavy atom. The molecule has 0 saturated carbocycles. The number of H-pyrrole nitrogens is 2. The number of hydrogen-bond donors (Lipinski definition) is 2. The van der Waals surface area contributed by atoms with Crippen molar-refractivity contribution in [3.05, 3.63) is 44.4 Å². The Labute approximate surface area is 197 Å². The van der Waals surface area contributed by atoms with Gasteiger partial charge >= 0.3 is 11.9 Å². The van der Waals surface area contributed by atoms with Gasteiger partial charge in [0.2, 0.25) is 0 Å². The number of methoxy groups -OCH3 is 2. The number of carbonyl (C=O) groups is 2. The van der Waals surface area contributed by atoms with Gasteiger partial charge in [-0.2, -0.15) is 0 Å². The third kappa shape index (κ3) is 3.42. The fourth-order valence-electron chi connectivity index (χ4n) is 4.47. The van der Waals surface area contributed by atoms with Gasteiger partial charge in [0.1, 0.15) is 11.4 Å². The van der Waals surface area contributed by atoms with Crippen molar-refractivity contribution < 1.29 is 27.5 Å². The minimum atomic E-state index is -3.37. The second kappa shape index (κ2) is 7.57. The molecule has 0 saturated heterocycles. The van der Waals surface area contributed by atoms with Crippen LogP contribution in [0, 0.1) is 13.8 Å². The molecule has 0 aromatic carbocycles. The molecule has 0 bridgehead atoms. The van der Waals surface area contributed by atoms with Crippen LogP contribution in [0.3, 0.4) is 0 Å². The lowest BCUT2D eigenvalue weighted by atomic mass is 9.96. The first-order valence-electron chi connectivity index (χ1n) is 9.97. The van der Waals surface area contributed by atoms with Crippen molar-refractivity contribution in [2.75, 3.05) is 25.7 Å². The molecule has 1 aliphatic heterocycles. The topological polar surface area (TPSA) is 118 Å². The first kappa shape index (κ1) is 21.9. The van der Waals surface area contributed by atoms with Crippen LogP contribution in [-0.2, 0) is 19.3 Å². The van der Waals surface area contributed by atoms with Gasteiger partial charge in [-0.05, 0) is 37.1 Å². The number of ether oxygens (including phenoxy) is 2. The first-order valence-corrected chi connectivity index (χ1v) is 13.4. The van der Waals surface area contributed by atoms with E-state index >= 15 is 0 Å². The van der Waals surface area contributed by atoms with E-state index in [1.54, 1.807) is 12.1 Å². The van der Waals surface area contributed by atoms with Crippen molar-refractivity contribution in [2.45, 2.75) is 13.8 Å². The van der Waals surface area contributed by atoms with Crippen molar-refractivity contribution in [3.63, 3.8) is 0 Å². The lowest BCUT2D eigenvalue weighted by Gasteiger charge is -2.08. The molecule has 5 heterocycles. The Kier molecular flexibility index (Phi) is 5.03. The van der Waals surface area contributed by atoms with Gasteiger partial charge in [-0.25, -0.2) is 18.0 Å². The summed E-state index contributed by atoms with van der Waals surface area (Å²) in [7, 11) is -0.739. The largest absolute Gasteiger partial charge is 0.464 e. The first-order chi connectivity index (χ1) is 15.6. The van der Waals surface area contributed by atoms with E-state index in [2.05, 4.69) is 9.97 Å². The predicted molar refractivity (Wildman–Crippen MR) is 130 cm³/mol. The summed E-state index contributed by atoms with van der Waals surface area (Å²) in [5.74, 6) is -1.15. The zero-order valence-corrected chi connectivity index (χ0v) is 20.7. The lowest BCUT2D eigenvalue weighted by molar-refractivity contribution is 0.0586. The number of sulfone groups is 1. The van der Waals surface area contributed by atoms with Crippen molar-refractivity contribution >= 4 is 76.0 Å². The average molecular weight is 505 g/mol. The fourth-order valence-corrected chi connectivity index (χ4v) is 8.26. The van der Waals surface area contributed by atoms with Gasteiger partial charge in [0.25, 0.3) is 0 Å². The summed E-state index contributed by atoms with van der Waals surface area (Å²) in [6.07, 6.45) is 0. The monoisotopic (exact) mass is 504 g/mol. The average Bonchev–Trinajstić information content (AvgIpc) is 3.52. The molecule has 172 valence electrons. The number of aromatic nitrogens is 2. The number of rotatable bonds is 4. The highest BCUT2D eigenvalue weighted by atomic mass is 32.2. The van der Waals surface area contributed by atoms with E-state index in [9.17, 15) is 18.0 Å². The number of hydrogen-bond acceptors (Lipinski definition) is 8. The number of aromatic amines is 2. The maximum Gasteiger partial charge on any atom is 0.354 e. The van der Waals surface area contributed by atoms with Crippen molar-refractivity contribution in [3.8, 4) is 0 Å². The van der Waals surface area contributed by atoms with Crippen LogP contribution in [0.2, 0.25) is 0 Å². The summed E-state index contributed by atoms with van der Waals surface area (Å²) in [5, 5.41) is 0. The van der Waals surface area contributed by atoms with E-state index in [-0.39, 0.29) is 11.5 Å². The zero-order chi connectivity index (χ0) is 23.7. The lowest BCUT2D eigenvalue weighted by Crippen LogP contribution is -2.04. The van der Waals surface area contributed by atoms with E-state index in [1.165, 1.54) is 36.9 Å². The van der Waals surface area contributed by atoms with Gasteiger partial charge in [0, 0.05) is 20.9 Å². The molecule has 8 nitrogen and oxygen atoms in total. The minimum Gasteiger partial charge on any atom is -0.464 e. The summed E-state index contributed by atoms with van der Waals surface area (Å²) in [4.78, 5) is 32.2. The molecule has 0 aliphatic carbocycles. The molecule has 11 heteroatoms. The van der Waals surface area contributed by atoms with E-state index in [0.717, 1.165) is 41.3 Å². The summed E-state index contributed by atoms with van der Waals surface area (Å²) >= 11 is 3.00. The predicted octanol–water partition coefficient (Wildman–Crippen LogP) is 4.30. The quantitative estimate of drug-likeness (QED) is 0.400. The second-order valence-corrected chi connectivity index (χ2v) is 12.5. The maximum absolute atomic E-state index is 12.9. The van der Waals surface area contributed by atoms with Crippen LogP contribution in [0.1, 0.15) is 41.9 Å². The Balaban J connectivity index is 1.77. The molecule has 5 rings (SSSR count). The molecular formula is C22H20N2O6S3. The smallest absolute Gasteiger partial charge is 0.354 e. The molecule has 33 heavy (non-hydrogen) atoms. The standard InChI is InChI=1S/C22H20N2O6S3/c1-9-17(19-15(31-9)5-13(23-19)21(25)29-3)11-7-33(27,28)8-12(11)18-10(2)32-16-6-14(22(26)30-4)24-20(16)18/h5-6,23-24H,7-8H2,1-4H3. The van der Waals surface area contributed by atoms with Crippen molar-refractivity contribution in [2.24, 2.45) is 0 Å². The van der Waals surface area contributed by atoms with Crippen LogP contribution >= 0.6 is 22.7 Å². The van der Waals surface area contributed by atoms with Crippen LogP contribution < -0.4 is 0 Å². The van der Waals surface area contributed by atoms with E-state index < -0.39 is 21.8 Å². The molecule has 2 N–H and O–H groups in total. The highest BCUT2D eigenvalue weighted by Gasteiger charge is 2.34. The summed E-state index contributed by atoms with van der Waals surface area (Å²) < 4.78 is 37.1. The third-order valence-corrected chi connectivity index (χ3v) is 9.36. The molecule has 0 radical (unpaired) electrons. The summed E-state index contributed by atoms with van der Waals surface area (Å²) in [5.41, 5.74) is 5.15. The second-order valence-electron chi connectivity index (χ2n) is 7.88. The number of carbonyl (C=O) groups excluding carboxylic acids is 2. The van der Waals surface area contributed by atoms with Gasteiger partial charge in [0.05, 0.1) is 46.2 Å². The Morgan fingerprint density at radius 3 is 1.58 bits per heavy atom. The normalized spacial score (nSPS) is 15.6. The van der Waals surface area contributed by atoms with Crippen molar-refractivity contribution in [1.29, 1.82) is 0 Å². The highest BCUT2D eigenvalue weighted by Crippen LogP contribution is 2.46. The van der Waals surface area contributed by atoms with Crippen LogP contribution in [0.4, 0.5) is 0 Å². The maximum atomic E-state index is 12.9. The Morgan fingerprint density at radius 1 is 0.818 bits per heavy atom. The highest BCUT2D eigenvalue weighted by molar-refractivity contribution is 7.92. The van der Waals surface area contributed by atoms with Gasteiger partial charge in [-0.15, -0.1) is 22.7 Å². The number of nitrogens with one attached hydrogen (secondary N) is 2.